The smallest absolute Gasteiger partial charge is 0.234 e. The highest BCUT2D eigenvalue weighted by molar-refractivity contribution is 6.32. The zero-order chi connectivity index (χ0) is 24.0. The zero-order valence-electron chi connectivity index (χ0n) is 19.6. The second-order valence-electron chi connectivity index (χ2n) is 8.85. The molecule has 0 saturated carbocycles. The molecular formula is C26H29ClFN3O4. The van der Waals surface area contributed by atoms with E-state index in [2.05, 4.69) is 14.9 Å². The van der Waals surface area contributed by atoms with Crippen LogP contribution in [0.5, 0.6) is 23.1 Å². The van der Waals surface area contributed by atoms with E-state index < -0.39 is 5.82 Å². The number of piperidine rings is 1. The minimum Gasteiger partial charge on any atom is -0.492 e. The molecule has 5 rings (SSSR count). The molecule has 3 aromatic rings. The summed E-state index contributed by atoms with van der Waals surface area (Å²) in [4.78, 5) is 11.2. The number of benzene rings is 2. The minimum absolute atomic E-state index is 0.00184. The van der Waals surface area contributed by atoms with Crippen molar-refractivity contribution in [1.82, 2.24) is 14.9 Å². The van der Waals surface area contributed by atoms with Crippen LogP contribution in [-0.2, 0) is 4.74 Å². The van der Waals surface area contributed by atoms with Crippen LogP contribution < -0.4 is 14.2 Å². The molecule has 7 nitrogen and oxygen atoms in total. The van der Waals surface area contributed by atoms with Gasteiger partial charge in [-0.15, -0.1) is 0 Å². The summed E-state index contributed by atoms with van der Waals surface area (Å²) < 4.78 is 37.5. The lowest BCUT2D eigenvalue weighted by atomic mass is 10.1. The Morgan fingerprint density at radius 2 is 1.86 bits per heavy atom. The number of halogens is 2. The Balaban J connectivity index is 1.43. The summed E-state index contributed by atoms with van der Waals surface area (Å²) in [6.07, 6.45) is 6.79. The largest absolute Gasteiger partial charge is 0.492 e. The van der Waals surface area contributed by atoms with Gasteiger partial charge in [0.2, 0.25) is 5.88 Å². The van der Waals surface area contributed by atoms with E-state index in [4.69, 9.17) is 30.5 Å². The predicted molar refractivity (Wildman–Crippen MR) is 131 cm³/mol. The van der Waals surface area contributed by atoms with Crippen LogP contribution in [-0.4, -0.2) is 60.4 Å². The van der Waals surface area contributed by atoms with Crippen molar-refractivity contribution >= 4 is 22.5 Å². The van der Waals surface area contributed by atoms with Gasteiger partial charge < -0.3 is 18.9 Å². The van der Waals surface area contributed by atoms with Gasteiger partial charge in [0.25, 0.3) is 0 Å². The number of fused-ring (bicyclic) bond motifs is 1. The van der Waals surface area contributed by atoms with Crippen molar-refractivity contribution in [3.8, 4) is 23.1 Å². The van der Waals surface area contributed by atoms with Gasteiger partial charge in [-0.25, -0.2) is 14.4 Å². The molecule has 2 fully saturated rings. The topological polar surface area (TPSA) is 65.9 Å². The molecule has 9 heteroatoms. The van der Waals surface area contributed by atoms with Gasteiger partial charge in [-0.3, -0.25) is 4.90 Å². The Morgan fingerprint density at radius 1 is 1.03 bits per heavy atom. The van der Waals surface area contributed by atoms with Crippen molar-refractivity contribution in [2.75, 3.05) is 39.5 Å². The maximum Gasteiger partial charge on any atom is 0.234 e. The molecule has 186 valence electrons. The molecule has 0 spiro atoms. The number of hydrogen-bond donors (Lipinski definition) is 0. The highest BCUT2D eigenvalue weighted by Gasteiger charge is 2.21. The molecule has 1 aromatic heterocycles. The molecule has 0 bridgehead atoms. The number of nitrogens with zero attached hydrogens (tertiary/aromatic N) is 3. The van der Waals surface area contributed by atoms with E-state index in [0.717, 1.165) is 32.5 Å². The van der Waals surface area contributed by atoms with E-state index in [1.807, 2.05) is 12.1 Å². The normalized spacial score (nSPS) is 17.4. The van der Waals surface area contributed by atoms with Gasteiger partial charge in [0.05, 0.1) is 23.8 Å². The lowest BCUT2D eigenvalue weighted by Gasteiger charge is -2.26. The molecule has 35 heavy (non-hydrogen) atoms. The third-order valence-electron chi connectivity index (χ3n) is 6.33. The summed E-state index contributed by atoms with van der Waals surface area (Å²) in [5.41, 5.74) is 0.630. The first-order valence-corrected chi connectivity index (χ1v) is 12.5. The van der Waals surface area contributed by atoms with Crippen LogP contribution >= 0.6 is 11.6 Å². The molecular weight excluding hydrogens is 473 g/mol. The fraction of sp³-hybridized carbons (Fsp3) is 0.462. The number of aromatic nitrogens is 2. The van der Waals surface area contributed by atoms with Crippen LogP contribution in [0.2, 0.25) is 5.02 Å². The molecule has 0 radical (unpaired) electrons. The fourth-order valence-electron chi connectivity index (χ4n) is 4.47. The maximum atomic E-state index is 13.5. The van der Waals surface area contributed by atoms with Crippen molar-refractivity contribution in [2.45, 2.75) is 38.2 Å². The monoisotopic (exact) mass is 501 g/mol. The van der Waals surface area contributed by atoms with Crippen LogP contribution in [0.15, 0.2) is 36.7 Å². The molecule has 0 aliphatic carbocycles. The number of rotatable bonds is 8. The van der Waals surface area contributed by atoms with Crippen molar-refractivity contribution < 1.29 is 23.3 Å². The standard InChI is InChI=1S/C26H29ClFN3O4/c27-21-14-18(28)4-5-23(21)35-26-25-22(29-17-30-26)15-20(33-13-10-31-8-2-1-3-9-31)16-24(25)34-19-6-11-32-12-7-19/h4-5,14-17,19H,1-3,6-13H2. The number of likely N-dealkylation sites (tertiary alicyclic amines) is 1. The van der Waals surface area contributed by atoms with Gasteiger partial charge >= 0.3 is 0 Å². The first-order chi connectivity index (χ1) is 17.2. The van der Waals surface area contributed by atoms with Gasteiger partial charge in [-0.05, 0) is 44.1 Å². The molecule has 0 amide bonds. The summed E-state index contributed by atoms with van der Waals surface area (Å²) in [5.74, 6) is 1.40. The molecule has 3 heterocycles. The molecule has 2 aromatic carbocycles. The van der Waals surface area contributed by atoms with E-state index in [1.54, 1.807) is 0 Å². The van der Waals surface area contributed by atoms with E-state index in [0.29, 0.717) is 48.0 Å². The maximum absolute atomic E-state index is 13.5. The second kappa shape index (κ2) is 11.4. The van der Waals surface area contributed by atoms with Crippen LogP contribution in [0.3, 0.4) is 0 Å². The Kier molecular flexibility index (Phi) is 7.81. The number of ether oxygens (including phenoxy) is 4. The molecule has 2 aliphatic rings. The summed E-state index contributed by atoms with van der Waals surface area (Å²) in [6, 6.07) is 7.70. The van der Waals surface area contributed by atoms with Gasteiger partial charge in [0.15, 0.2) is 0 Å². The SMILES string of the molecule is Fc1ccc(Oc2ncnc3cc(OCCN4CCCCC4)cc(OC4CCOCC4)c23)c(Cl)c1. The van der Waals surface area contributed by atoms with Crippen molar-refractivity contribution in [3.63, 3.8) is 0 Å². The van der Waals surface area contributed by atoms with Gasteiger partial charge in [-0.2, -0.15) is 0 Å². The molecule has 0 N–H and O–H groups in total. The Labute approximate surface area is 209 Å². The fourth-order valence-corrected chi connectivity index (χ4v) is 4.67. The van der Waals surface area contributed by atoms with Crippen LogP contribution in [0.1, 0.15) is 32.1 Å². The Morgan fingerprint density at radius 3 is 2.66 bits per heavy atom. The predicted octanol–water partition coefficient (Wildman–Crippen LogP) is 5.64. The molecule has 2 saturated heterocycles. The average molecular weight is 502 g/mol. The highest BCUT2D eigenvalue weighted by atomic mass is 35.5. The van der Waals surface area contributed by atoms with E-state index in [-0.39, 0.29) is 17.0 Å². The van der Waals surface area contributed by atoms with Gasteiger partial charge in [0.1, 0.15) is 47.5 Å². The zero-order valence-corrected chi connectivity index (χ0v) is 20.3. The quantitative estimate of drug-likeness (QED) is 0.396. The van der Waals surface area contributed by atoms with E-state index in [1.165, 1.54) is 43.8 Å². The van der Waals surface area contributed by atoms with Crippen LogP contribution in [0, 0.1) is 5.82 Å². The summed E-state index contributed by atoms with van der Waals surface area (Å²) in [5, 5.41) is 0.768. The Hall–Kier alpha value is -2.68. The first kappa shape index (κ1) is 24.0. The van der Waals surface area contributed by atoms with Gasteiger partial charge in [-0.1, -0.05) is 18.0 Å². The lowest BCUT2D eigenvalue weighted by molar-refractivity contribution is 0.0260. The molecule has 0 unspecified atom stereocenters. The average Bonchev–Trinajstić information content (AvgIpc) is 2.87. The molecule has 2 aliphatic heterocycles. The third kappa shape index (κ3) is 6.12. The second-order valence-corrected chi connectivity index (χ2v) is 9.26. The lowest BCUT2D eigenvalue weighted by Crippen LogP contribution is -2.33. The van der Waals surface area contributed by atoms with Crippen molar-refractivity contribution in [2.24, 2.45) is 0 Å². The Bertz CT molecular complexity index is 1150. The minimum atomic E-state index is -0.440. The van der Waals surface area contributed by atoms with E-state index in [9.17, 15) is 4.39 Å². The van der Waals surface area contributed by atoms with Crippen LogP contribution in [0.25, 0.3) is 10.9 Å². The first-order valence-electron chi connectivity index (χ1n) is 12.2. The number of hydrogen-bond acceptors (Lipinski definition) is 7. The molecule has 0 atom stereocenters. The van der Waals surface area contributed by atoms with Crippen molar-refractivity contribution in [3.05, 3.63) is 47.5 Å². The highest BCUT2D eigenvalue weighted by Crippen LogP contribution is 2.39. The van der Waals surface area contributed by atoms with E-state index >= 15 is 0 Å². The summed E-state index contributed by atoms with van der Waals surface area (Å²) >= 11 is 6.19. The van der Waals surface area contributed by atoms with Crippen molar-refractivity contribution in [1.29, 1.82) is 0 Å². The van der Waals surface area contributed by atoms with Gasteiger partial charge in [0, 0.05) is 31.5 Å². The third-order valence-corrected chi connectivity index (χ3v) is 6.62. The summed E-state index contributed by atoms with van der Waals surface area (Å²) in [7, 11) is 0. The van der Waals surface area contributed by atoms with Crippen LogP contribution in [0.4, 0.5) is 4.39 Å². The summed E-state index contributed by atoms with van der Waals surface area (Å²) in [6.45, 7) is 5.02.